The lowest BCUT2D eigenvalue weighted by Crippen LogP contribution is -2.34. The van der Waals surface area contributed by atoms with E-state index in [0.29, 0.717) is 25.2 Å². The second kappa shape index (κ2) is 7.29. The SMILES string of the molecule is O=C(Cc1ccc(F)cn1)N1CCc2ncnc(-c3ccsc3)c2CC1. The Labute approximate surface area is 154 Å². The molecule has 0 saturated heterocycles. The largest absolute Gasteiger partial charge is 0.342 e. The monoisotopic (exact) mass is 368 g/mol. The fourth-order valence-electron chi connectivity index (χ4n) is 3.20. The van der Waals surface area contributed by atoms with Crippen molar-refractivity contribution in [1.82, 2.24) is 19.9 Å². The number of hydrogen-bond donors (Lipinski definition) is 0. The smallest absolute Gasteiger partial charge is 0.228 e. The van der Waals surface area contributed by atoms with Crippen LogP contribution in [0.3, 0.4) is 0 Å². The first-order chi connectivity index (χ1) is 12.7. The van der Waals surface area contributed by atoms with E-state index in [2.05, 4.69) is 26.4 Å². The van der Waals surface area contributed by atoms with Gasteiger partial charge < -0.3 is 4.90 Å². The van der Waals surface area contributed by atoms with Crippen LogP contribution in [0, 0.1) is 5.82 Å². The molecular weight excluding hydrogens is 351 g/mol. The lowest BCUT2D eigenvalue weighted by Gasteiger charge is -2.20. The van der Waals surface area contributed by atoms with Gasteiger partial charge in [0.15, 0.2) is 0 Å². The third-order valence-corrected chi connectivity index (χ3v) is 5.24. The van der Waals surface area contributed by atoms with Crippen LogP contribution in [0.25, 0.3) is 11.3 Å². The van der Waals surface area contributed by atoms with Crippen LogP contribution in [-0.2, 0) is 24.1 Å². The molecular formula is C19H17FN4OS. The summed E-state index contributed by atoms with van der Waals surface area (Å²) in [6.07, 6.45) is 4.36. The zero-order chi connectivity index (χ0) is 17.9. The Kier molecular flexibility index (Phi) is 4.71. The lowest BCUT2D eigenvalue weighted by molar-refractivity contribution is -0.130. The Balaban J connectivity index is 1.50. The van der Waals surface area contributed by atoms with Crippen molar-refractivity contribution in [2.24, 2.45) is 0 Å². The van der Waals surface area contributed by atoms with Crippen molar-refractivity contribution in [2.45, 2.75) is 19.3 Å². The summed E-state index contributed by atoms with van der Waals surface area (Å²) in [5, 5.41) is 4.11. The Morgan fingerprint density at radius 3 is 2.81 bits per heavy atom. The van der Waals surface area contributed by atoms with Crippen molar-refractivity contribution in [3.8, 4) is 11.3 Å². The maximum atomic E-state index is 13.0. The molecule has 1 aliphatic rings. The third-order valence-electron chi connectivity index (χ3n) is 4.55. The number of rotatable bonds is 3. The molecule has 3 aromatic heterocycles. The van der Waals surface area contributed by atoms with Crippen molar-refractivity contribution >= 4 is 17.2 Å². The fourth-order valence-corrected chi connectivity index (χ4v) is 3.84. The van der Waals surface area contributed by atoms with Crippen molar-refractivity contribution in [3.05, 3.63) is 64.3 Å². The van der Waals surface area contributed by atoms with Crippen molar-refractivity contribution in [2.75, 3.05) is 13.1 Å². The van der Waals surface area contributed by atoms with Gasteiger partial charge in [-0.2, -0.15) is 11.3 Å². The highest BCUT2D eigenvalue weighted by molar-refractivity contribution is 7.08. The summed E-state index contributed by atoms with van der Waals surface area (Å²) in [5.74, 6) is -0.395. The van der Waals surface area contributed by atoms with E-state index in [1.807, 2.05) is 10.3 Å². The van der Waals surface area contributed by atoms with Gasteiger partial charge in [-0.1, -0.05) is 0 Å². The first-order valence-electron chi connectivity index (χ1n) is 8.44. The molecule has 0 aromatic carbocycles. The first kappa shape index (κ1) is 16.8. The molecule has 0 bridgehead atoms. The molecule has 0 fully saturated rings. The molecule has 0 spiro atoms. The second-order valence-corrected chi connectivity index (χ2v) is 6.96. The molecule has 1 amide bonds. The summed E-state index contributed by atoms with van der Waals surface area (Å²) in [6.45, 7) is 1.24. The highest BCUT2D eigenvalue weighted by Gasteiger charge is 2.22. The molecule has 132 valence electrons. The Morgan fingerprint density at radius 1 is 1.15 bits per heavy atom. The second-order valence-electron chi connectivity index (χ2n) is 6.18. The molecule has 0 unspecified atom stereocenters. The number of halogens is 1. The molecule has 0 aliphatic carbocycles. The summed E-state index contributed by atoms with van der Waals surface area (Å²) >= 11 is 1.64. The normalized spacial score (nSPS) is 14.0. The summed E-state index contributed by atoms with van der Waals surface area (Å²) in [4.78, 5) is 27.4. The van der Waals surface area contributed by atoms with Gasteiger partial charge in [0.25, 0.3) is 0 Å². The topological polar surface area (TPSA) is 59.0 Å². The summed E-state index contributed by atoms with van der Waals surface area (Å²) < 4.78 is 13.0. The van der Waals surface area contributed by atoms with Gasteiger partial charge >= 0.3 is 0 Å². The van der Waals surface area contributed by atoms with E-state index in [1.54, 1.807) is 23.7 Å². The molecule has 0 saturated carbocycles. The number of nitrogens with zero attached hydrogens (tertiary/aromatic N) is 4. The van der Waals surface area contributed by atoms with Gasteiger partial charge in [-0.05, 0) is 30.0 Å². The van der Waals surface area contributed by atoms with Crippen LogP contribution in [0.2, 0.25) is 0 Å². The Bertz CT molecular complexity index is 912. The fraction of sp³-hybridized carbons (Fsp3) is 0.263. The van der Waals surface area contributed by atoms with Gasteiger partial charge in [-0.15, -0.1) is 0 Å². The van der Waals surface area contributed by atoms with Crippen LogP contribution in [0.5, 0.6) is 0 Å². The van der Waals surface area contributed by atoms with Crippen LogP contribution in [-0.4, -0.2) is 38.8 Å². The number of fused-ring (bicyclic) bond motifs is 1. The van der Waals surface area contributed by atoms with Crippen LogP contribution >= 0.6 is 11.3 Å². The van der Waals surface area contributed by atoms with Gasteiger partial charge in [0.2, 0.25) is 5.91 Å². The quantitative estimate of drug-likeness (QED) is 0.713. The highest BCUT2D eigenvalue weighted by atomic mass is 32.1. The average molecular weight is 368 g/mol. The standard InChI is InChI=1S/C19H17FN4OS/c20-14-1-2-15(21-10-14)9-18(25)24-6-3-16-17(4-7-24)22-12-23-19(16)13-5-8-26-11-13/h1-2,5,8,10-12H,3-4,6-7,9H2. The van der Waals surface area contributed by atoms with Gasteiger partial charge in [-0.3, -0.25) is 9.78 Å². The number of pyridine rings is 1. The van der Waals surface area contributed by atoms with E-state index in [-0.39, 0.29) is 12.3 Å². The molecule has 4 heterocycles. The zero-order valence-electron chi connectivity index (χ0n) is 14.1. The van der Waals surface area contributed by atoms with Gasteiger partial charge in [0, 0.05) is 47.4 Å². The molecule has 1 aliphatic heterocycles. The predicted octanol–water partition coefficient (Wildman–Crippen LogP) is 2.91. The van der Waals surface area contributed by atoms with Crippen LogP contribution < -0.4 is 0 Å². The number of hydrogen-bond acceptors (Lipinski definition) is 5. The maximum Gasteiger partial charge on any atom is 0.228 e. The number of thiophene rings is 1. The summed E-state index contributed by atoms with van der Waals surface area (Å²) in [6, 6.07) is 4.94. The molecule has 5 nitrogen and oxygen atoms in total. The number of amides is 1. The molecule has 0 atom stereocenters. The Morgan fingerprint density at radius 2 is 2.04 bits per heavy atom. The minimum atomic E-state index is -0.397. The van der Waals surface area contributed by atoms with Crippen LogP contribution in [0.1, 0.15) is 17.0 Å². The lowest BCUT2D eigenvalue weighted by atomic mass is 10.0. The van der Waals surface area contributed by atoms with Gasteiger partial charge in [0.05, 0.1) is 18.3 Å². The highest BCUT2D eigenvalue weighted by Crippen LogP contribution is 2.27. The molecule has 7 heteroatoms. The molecule has 0 N–H and O–H groups in total. The van der Waals surface area contributed by atoms with Crippen molar-refractivity contribution in [1.29, 1.82) is 0 Å². The van der Waals surface area contributed by atoms with Crippen LogP contribution in [0.4, 0.5) is 4.39 Å². The predicted molar refractivity (Wildman–Crippen MR) is 97.2 cm³/mol. The van der Waals surface area contributed by atoms with Gasteiger partial charge in [-0.25, -0.2) is 14.4 Å². The number of aromatic nitrogens is 3. The van der Waals surface area contributed by atoms with E-state index in [9.17, 15) is 9.18 Å². The van der Waals surface area contributed by atoms with Crippen molar-refractivity contribution in [3.63, 3.8) is 0 Å². The van der Waals surface area contributed by atoms with E-state index < -0.39 is 5.82 Å². The maximum absolute atomic E-state index is 13.0. The van der Waals surface area contributed by atoms with Gasteiger partial charge in [0.1, 0.15) is 12.1 Å². The number of carbonyl (C=O) groups is 1. The molecule has 4 rings (SSSR count). The summed E-state index contributed by atoms with van der Waals surface area (Å²) in [5.41, 5.74) is 4.78. The van der Waals surface area contributed by atoms with E-state index in [0.717, 1.165) is 35.1 Å². The van der Waals surface area contributed by atoms with Crippen LogP contribution in [0.15, 0.2) is 41.5 Å². The van der Waals surface area contributed by atoms with Crippen molar-refractivity contribution < 1.29 is 9.18 Å². The minimum absolute atomic E-state index is 0.00181. The minimum Gasteiger partial charge on any atom is -0.342 e. The van der Waals surface area contributed by atoms with E-state index in [4.69, 9.17) is 0 Å². The zero-order valence-corrected chi connectivity index (χ0v) is 14.9. The number of carbonyl (C=O) groups excluding carboxylic acids is 1. The first-order valence-corrected chi connectivity index (χ1v) is 9.38. The third kappa shape index (κ3) is 3.48. The van der Waals surface area contributed by atoms with E-state index >= 15 is 0 Å². The summed E-state index contributed by atoms with van der Waals surface area (Å²) in [7, 11) is 0. The molecule has 0 radical (unpaired) electrons. The molecule has 26 heavy (non-hydrogen) atoms. The average Bonchev–Trinajstić information content (AvgIpc) is 3.09. The van der Waals surface area contributed by atoms with E-state index in [1.165, 1.54) is 6.07 Å². The Hall–Kier alpha value is -2.67. The molecule has 3 aromatic rings.